The van der Waals surface area contributed by atoms with Crippen LogP contribution in [0.5, 0.6) is 0 Å². The monoisotopic (exact) mass is 571 g/mol. The SMILES string of the molecule is CC(C)COC(=O)O.CCCCCCCCCCCCCCCCCCCCCCCCCCCCCC(=O)O. The van der Waals surface area contributed by atoms with Crippen LogP contribution in [-0.2, 0) is 9.53 Å². The van der Waals surface area contributed by atoms with Gasteiger partial charge in [-0.25, -0.2) is 4.79 Å². The summed E-state index contributed by atoms with van der Waals surface area (Å²) in [6.07, 6.45) is 36.8. The molecule has 0 aromatic carbocycles. The molecule has 0 fully saturated rings. The highest BCUT2D eigenvalue weighted by molar-refractivity contribution is 5.66. The first-order valence-corrected chi connectivity index (χ1v) is 17.5. The molecule has 240 valence electrons. The summed E-state index contributed by atoms with van der Waals surface area (Å²) < 4.78 is 4.22. The molecule has 40 heavy (non-hydrogen) atoms. The number of hydrogen-bond acceptors (Lipinski definition) is 3. The van der Waals surface area contributed by atoms with Crippen LogP contribution in [0.25, 0.3) is 0 Å². The van der Waals surface area contributed by atoms with Gasteiger partial charge in [-0.15, -0.1) is 0 Å². The minimum atomic E-state index is -1.20. The number of carbonyl (C=O) groups is 2. The standard InChI is InChI=1S/C30H60O2.C5H10O3/c1-2-3-4-5-6-7-8-9-10-11-12-13-14-15-16-17-18-19-20-21-22-23-24-25-26-27-28-29-30(31)32;1-4(2)3-8-5(6)7/h2-29H2,1H3,(H,31,32);4H,3H2,1-2H3,(H,6,7). The molecule has 0 atom stereocenters. The van der Waals surface area contributed by atoms with Crippen LogP contribution in [0.2, 0.25) is 0 Å². The van der Waals surface area contributed by atoms with E-state index in [-0.39, 0.29) is 12.5 Å². The van der Waals surface area contributed by atoms with Gasteiger partial charge in [0, 0.05) is 6.42 Å². The molecule has 5 nitrogen and oxygen atoms in total. The normalized spacial score (nSPS) is 10.9. The van der Waals surface area contributed by atoms with Crippen molar-refractivity contribution in [2.75, 3.05) is 6.61 Å². The Bertz CT molecular complexity index is 506. The van der Waals surface area contributed by atoms with Crippen molar-refractivity contribution in [3.8, 4) is 0 Å². The molecule has 0 unspecified atom stereocenters. The summed E-state index contributed by atoms with van der Waals surface area (Å²) in [5.74, 6) is -0.365. The predicted octanol–water partition coefficient (Wildman–Crippen LogP) is 12.4. The van der Waals surface area contributed by atoms with Crippen molar-refractivity contribution < 1.29 is 24.5 Å². The van der Waals surface area contributed by atoms with Crippen LogP contribution in [0.15, 0.2) is 0 Å². The van der Waals surface area contributed by atoms with E-state index in [2.05, 4.69) is 11.7 Å². The van der Waals surface area contributed by atoms with E-state index in [1.165, 1.54) is 161 Å². The van der Waals surface area contributed by atoms with E-state index in [1.54, 1.807) is 0 Å². The Kier molecular flexibility index (Phi) is 36.6. The number of rotatable bonds is 30. The maximum absolute atomic E-state index is 10.4. The summed E-state index contributed by atoms with van der Waals surface area (Å²) in [6, 6.07) is 0. The van der Waals surface area contributed by atoms with Gasteiger partial charge < -0.3 is 14.9 Å². The van der Waals surface area contributed by atoms with Crippen molar-refractivity contribution in [3.63, 3.8) is 0 Å². The lowest BCUT2D eigenvalue weighted by Gasteiger charge is -2.04. The fourth-order valence-electron chi connectivity index (χ4n) is 5.01. The fraction of sp³-hybridized carbons (Fsp3) is 0.943. The second-order valence-corrected chi connectivity index (χ2v) is 12.3. The lowest BCUT2D eigenvalue weighted by atomic mass is 10.0. The minimum absolute atomic E-state index is 0.283. The Morgan fingerprint density at radius 1 is 0.475 bits per heavy atom. The summed E-state index contributed by atoms with van der Waals surface area (Å²) in [6.45, 7) is 6.37. The molecule has 0 spiro atoms. The summed E-state index contributed by atoms with van der Waals surface area (Å²) in [7, 11) is 0. The van der Waals surface area contributed by atoms with E-state index in [9.17, 15) is 9.59 Å². The molecule has 0 heterocycles. The molecular formula is C35H70O5. The van der Waals surface area contributed by atoms with Crippen LogP contribution in [0.4, 0.5) is 4.79 Å². The highest BCUT2D eigenvalue weighted by Gasteiger charge is 1.99. The molecule has 0 aliphatic rings. The Balaban J connectivity index is 0. The third-order valence-corrected chi connectivity index (χ3v) is 7.53. The van der Waals surface area contributed by atoms with Gasteiger partial charge in [-0.1, -0.05) is 188 Å². The van der Waals surface area contributed by atoms with Crippen molar-refractivity contribution in [2.24, 2.45) is 5.92 Å². The van der Waals surface area contributed by atoms with Crippen molar-refractivity contribution in [1.82, 2.24) is 0 Å². The lowest BCUT2D eigenvalue weighted by molar-refractivity contribution is -0.137. The molecule has 0 aliphatic heterocycles. The molecule has 0 aliphatic carbocycles. The molecule has 5 heteroatoms. The van der Waals surface area contributed by atoms with E-state index in [4.69, 9.17) is 10.2 Å². The predicted molar refractivity (Wildman–Crippen MR) is 171 cm³/mol. The Hall–Kier alpha value is -1.26. The van der Waals surface area contributed by atoms with E-state index in [1.807, 2.05) is 13.8 Å². The Morgan fingerprint density at radius 2 is 0.725 bits per heavy atom. The van der Waals surface area contributed by atoms with Gasteiger partial charge in [-0.3, -0.25) is 4.79 Å². The van der Waals surface area contributed by atoms with Gasteiger partial charge in [0.2, 0.25) is 0 Å². The van der Waals surface area contributed by atoms with E-state index >= 15 is 0 Å². The highest BCUT2D eigenvalue weighted by Crippen LogP contribution is 2.16. The molecule has 0 saturated carbocycles. The Morgan fingerprint density at radius 3 is 0.900 bits per heavy atom. The minimum Gasteiger partial charge on any atom is -0.481 e. The summed E-state index contributed by atoms with van der Waals surface area (Å²) in [5.41, 5.74) is 0. The van der Waals surface area contributed by atoms with Crippen molar-refractivity contribution in [3.05, 3.63) is 0 Å². The summed E-state index contributed by atoms with van der Waals surface area (Å²) in [5, 5.41) is 16.5. The van der Waals surface area contributed by atoms with E-state index < -0.39 is 12.1 Å². The quantitative estimate of drug-likeness (QED) is 0.0662. The van der Waals surface area contributed by atoms with Crippen LogP contribution in [0, 0.1) is 5.92 Å². The van der Waals surface area contributed by atoms with Gasteiger partial charge in [0.25, 0.3) is 0 Å². The molecule has 0 bridgehead atoms. The number of aliphatic carboxylic acids is 1. The molecule has 0 rings (SSSR count). The number of unbranched alkanes of at least 4 members (excludes halogenated alkanes) is 26. The third kappa shape index (κ3) is 43.8. The zero-order valence-corrected chi connectivity index (χ0v) is 27.2. The van der Waals surface area contributed by atoms with Crippen molar-refractivity contribution in [2.45, 2.75) is 201 Å². The van der Waals surface area contributed by atoms with Gasteiger partial charge in [0.15, 0.2) is 0 Å². The topological polar surface area (TPSA) is 83.8 Å². The average molecular weight is 571 g/mol. The number of hydrogen-bond donors (Lipinski definition) is 2. The number of carboxylic acid groups (broad SMARTS) is 2. The second-order valence-electron chi connectivity index (χ2n) is 12.3. The van der Waals surface area contributed by atoms with E-state index in [0.29, 0.717) is 6.42 Å². The lowest BCUT2D eigenvalue weighted by Crippen LogP contribution is -2.06. The Labute approximate surface area is 249 Å². The van der Waals surface area contributed by atoms with Crippen LogP contribution >= 0.6 is 0 Å². The maximum Gasteiger partial charge on any atom is 0.505 e. The van der Waals surface area contributed by atoms with Gasteiger partial charge >= 0.3 is 12.1 Å². The molecule has 0 saturated heterocycles. The summed E-state index contributed by atoms with van der Waals surface area (Å²) >= 11 is 0. The first-order valence-electron chi connectivity index (χ1n) is 17.5. The number of carboxylic acids is 1. The smallest absolute Gasteiger partial charge is 0.481 e. The highest BCUT2D eigenvalue weighted by atomic mass is 16.7. The second kappa shape index (κ2) is 35.8. The molecule has 0 aromatic heterocycles. The van der Waals surface area contributed by atoms with Crippen LogP contribution < -0.4 is 0 Å². The van der Waals surface area contributed by atoms with Crippen molar-refractivity contribution in [1.29, 1.82) is 0 Å². The third-order valence-electron chi connectivity index (χ3n) is 7.53. The van der Waals surface area contributed by atoms with Crippen LogP contribution in [0.1, 0.15) is 201 Å². The molecule has 0 aromatic rings. The van der Waals surface area contributed by atoms with E-state index in [0.717, 1.165) is 12.8 Å². The summed E-state index contributed by atoms with van der Waals surface area (Å²) in [4.78, 5) is 20.1. The van der Waals surface area contributed by atoms with Gasteiger partial charge in [-0.05, 0) is 12.3 Å². The van der Waals surface area contributed by atoms with Gasteiger partial charge in [0.1, 0.15) is 0 Å². The van der Waals surface area contributed by atoms with Crippen LogP contribution in [0.3, 0.4) is 0 Å². The van der Waals surface area contributed by atoms with Crippen LogP contribution in [-0.4, -0.2) is 28.9 Å². The zero-order chi connectivity index (χ0) is 29.9. The fourth-order valence-corrected chi connectivity index (χ4v) is 5.01. The largest absolute Gasteiger partial charge is 0.505 e. The first-order chi connectivity index (χ1) is 19.4. The average Bonchev–Trinajstić information content (AvgIpc) is 2.91. The van der Waals surface area contributed by atoms with Gasteiger partial charge in [0.05, 0.1) is 6.61 Å². The molecular weight excluding hydrogens is 500 g/mol. The first kappa shape index (κ1) is 40.9. The molecule has 2 N–H and O–H groups in total. The maximum atomic E-state index is 10.4. The zero-order valence-electron chi connectivity index (χ0n) is 27.2. The van der Waals surface area contributed by atoms with Crippen molar-refractivity contribution >= 4 is 12.1 Å². The number of ether oxygens (including phenoxy) is 1. The molecule has 0 amide bonds. The van der Waals surface area contributed by atoms with Gasteiger partial charge in [-0.2, -0.15) is 0 Å². The molecule has 0 radical (unpaired) electrons.